The highest BCUT2D eigenvalue weighted by molar-refractivity contribution is 9.10. The van der Waals surface area contributed by atoms with Crippen molar-refractivity contribution in [1.29, 1.82) is 0 Å². The van der Waals surface area contributed by atoms with E-state index in [4.69, 9.17) is 0 Å². The van der Waals surface area contributed by atoms with Crippen molar-refractivity contribution in [2.75, 3.05) is 0 Å². The molecule has 1 heterocycles. The van der Waals surface area contributed by atoms with Crippen LogP contribution in [0.4, 0.5) is 4.39 Å². The van der Waals surface area contributed by atoms with Crippen LogP contribution in [0, 0.1) is 5.82 Å². The molecule has 0 bridgehead atoms. The van der Waals surface area contributed by atoms with Gasteiger partial charge in [0.1, 0.15) is 5.82 Å². The van der Waals surface area contributed by atoms with Crippen LogP contribution in [0.3, 0.4) is 0 Å². The van der Waals surface area contributed by atoms with Gasteiger partial charge in [-0.2, -0.15) is 0 Å². The molecule has 3 rings (SSSR count). The third-order valence-corrected chi connectivity index (χ3v) is 4.43. The summed E-state index contributed by atoms with van der Waals surface area (Å²) in [5.41, 5.74) is 2.68. The van der Waals surface area contributed by atoms with Crippen molar-refractivity contribution < 1.29 is 9.18 Å². The first-order chi connectivity index (χ1) is 12.1. The summed E-state index contributed by atoms with van der Waals surface area (Å²) in [6.07, 6.45) is 3.58. The van der Waals surface area contributed by atoms with Gasteiger partial charge in [-0.3, -0.25) is 9.78 Å². The molecular formula is C20H16BrFN2O. The SMILES string of the molecule is O=C(Cc1ccc(F)c(Br)c1)NC(c1ccccc1)c1ccncc1. The van der Waals surface area contributed by atoms with Gasteiger partial charge in [0.2, 0.25) is 5.91 Å². The summed E-state index contributed by atoms with van der Waals surface area (Å²) >= 11 is 3.15. The Kier molecular flexibility index (Phi) is 5.56. The maximum Gasteiger partial charge on any atom is 0.225 e. The second-order valence-corrected chi connectivity index (χ2v) is 6.47. The molecule has 0 aliphatic rings. The third-order valence-electron chi connectivity index (χ3n) is 3.83. The summed E-state index contributed by atoms with van der Waals surface area (Å²) in [5, 5.41) is 3.06. The van der Waals surface area contributed by atoms with Gasteiger partial charge in [0.25, 0.3) is 0 Å². The van der Waals surface area contributed by atoms with Crippen LogP contribution < -0.4 is 5.32 Å². The van der Waals surface area contributed by atoms with Gasteiger partial charge in [-0.1, -0.05) is 36.4 Å². The maximum atomic E-state index is 13.3. The first kappa shape index (κ1) is 17.3. The van der Waals surface area contributed by atoms with Crippen molar-refractivity contribution in [3.63, 3.8) is 0 Å². The lowest BCUT2D eigenvalue weighted by Gasteiger charge is -2.20. The van der Waals surface area contributed by atoms with Crippen LogP contribution in [0.2, 0.25) is 0 Å². The normalized spacial score (nSPS) is 11.8. The van der Waals surface area contributed by atoms with E-state index in [0.29, 0.717) is 4.47 Å². The minimum Gasteiger partial charge on any atom is -0.345 e. The Morgan fingerprint density at radius 3 is 2.40 bits per heavy atom. The second-order valence-electron chi connectivity index (χ2n) is 5.62. The van der Waals surface area contributed by atoms with Crippen molar-refractivity contribution in [3.8, 4) is 0 Å². The number of carbonyl (C=O) groups is 1. The van der Waals surface area contributed by atoms with Crippen LogP contribution in [0.15, 0.2) is 77.5 Å². The van der Waals surface area contributed by atoms with E-state index < -0.39 is 0 Å². The van der Waals surface area contributed by atoms with Crippen molar-refractivity contribution >= 4 is 21.8 Å². The number of nitrogens with zero attached hydrogens (tertiary/aromatic N) is 1. The molecule has 3 aromatic rings. The summed E-state index contributed by atoms with van der Waals surface area (Å²) in [6.45, 7) is 0. The topological polar surface area (TPSA) is 42.0 Å². The molecule has 1 amide bonds. The lowest BCUT2D eigenvalue weighted by Crippen LogP contribution is -2.30. The quantitative estimate of drug-likeness (QED) is 0.690. The first-order valence-electron chi connectivity index (χ1n) is 7.81. The van der Waals surface area contributed by atoms with E-state index in [2.05, 4.69) is 26.2 Å². The van der Waals surface area contributed by atoms with Crippen LogP contribution >= 0.6 is 15.9 Å². The molecule has 0 aliphatic carbocycles. The lowest BCUT2D eigenvalue weighted by molar-refractivity contribution is -0.120. The Bertz CT molecular complexity index is 817. The molecule has 1 atom stereocenters. The summed E-state index contributed by atoms with van der Waals surface area (Å²) in [7, 11) is 0. The molecule has 0 aliphatic heterocycles. The molecule has 1 N–H and O–H groups in total. The van der Waals surface area contributed by atoms with Crippen molar-refractivity contribution in [1.82, 2.24) is 10.3 Å². The van der Waals surface area contributed by atoms with Crippen LogP contribution in [0.25, 0.3) is 0 Å². The van der Waals surface area contributed by atoms with Gasteiger partial charge in [-0.25, -0.2) is 4.39 Å². The second kappa shape index (κ2) is 8.03. The number of halogens is 2. The van der Waals surface area contributed by atoms with Crippen LogP contribution in [-0.2, 0) is 11.2 Å². The smallest absolute Gasteiger partial charge is 0.225 e. The molecule has 0 radical (unpaired) electrons. The fourth-order valence-corrected chi connectivity index (χ4v) is 3.03. The van der Waals surface area contributed by atoms with Gasteiger partial charge >= 0.3 is 0 Å². The van der Waals surface area contributed by atoms with Gasteiger partial charge in [0, 0.05) is 12.4 Å². The Morgan fingerprint density at radius 1 is 1.04 bits per heavy atom. The maximum absolute atomic E-state index is 13.3. The summed E-state index contributed by atoms with van der Waals surface area (Å²) < 4.78 is 13.7. The van der Waals surface area contributed by atoms with E-state index in [9.17, 15) is 9.18 Å². The highest BCUT2D eigenvalue weighted by Gasteiger charge is 2.17. The molecule has 1 unspecified atom stereocenters. The van der Waals surface area contributed by atoms with Crippen LogP contribution in [0.1, 0.15) is 22.7 Å². The van der Waals surface area contributed by atoms with Crippen molar-refractivity contribution in [3.05, 3.63) is 100 Å². The van der Waals surface area contributed by atoms with Crippen molar-refractivity contribution in [2.45, 2.75) is 12.5 Å². The number of nitrogens with one attached hydrogen (secondary N) is 1. The highest BCUT2D eigenvalue weighted by Crippen LogP contribution is 2.22. The van der Waals surface area contributed by atoms with E-state index in [1.54, 1.807) is 24.5 Å². The van der Waals surface area contributed by atoms with E-state index in [1.165, 1.54) is 6.07 Å². The average Bonchev–Trinajstić information content (AvgIpc) is 2.64. The van der Waals surface area contributed by atoms with E-state index in [-0.39, 0.29) is 24.2 Å². The number of rotatable bonds is 5. The molecule has 1 aromatic heterocycles. The number of benzene rings is 2. The fraction of sp³-hybridized carbons (Fsp3) is 0.100. The molecule has 3 nitrogen and oxygen atoms in total. The summed E-state index contributed by atoms with van der Waals surface area (Å²) in [4.78, 5) is 16.6. The van der Waals surface area contributed by atoms with Crippen LogP contribution in [-0.4, -0.2) is 10.9 Å². The Balaban J connectivity index is 1.80. The number of amides is 1. The molecule has 126 valence electrons. The molecular weight excluding hydrogens is 383 g/mol. The molecule has 0 saturated carbocycles. The molecule has 5 heteroatoms. The van der Waals surface area contributed by atoms with E-state index >= 15 is 0 Å². The van der Waals surface area contributed by atoms with Gasteiger partial charge in [0.05, 0.1) is 16.9 Å². The zero-order chi connectivity index (χ0) is 17.6. The Labute approximate surface area is 154 Å². The van der Waals surface area contributed by atoms with Crippen LogP contribution in [0.5, 0.6) is 0 Å². The largest absolute Gasteiger partial charge is 0.345 e. The van der Waals surface area contributed by atoms with Gasteiger partial charge < -0.3 is 5.32 Å². The van der Waals surface area contributed by atoms with Crippen molar-refractivity contribution in [2.24, 2.45) is 0 Å². The summed E-state index contributed by atoms with van der Waals surface area (Å²) in [5.74, 6) is -0.479. The number of aromatic nitrogens is 1. The fourth-order valence-electron chi connectivity index (χ4n) is 2.61. The van der Waals surface area contributed by atoms with Gasteiger partial charge in [-0.15, -0.1) is 0 Å². The van der Waals surface area contributed by atoms with Gasteiger partial charge in [-0.05, 0) is 56.9 Å². The molecule has 25 heavy (non-hydrogen) atoms. The predicted molar refractivity (Wildman–Crippen MR) is 98.5 cm³/mol. The number of hydrogen-bond acceptors (Lipinski definition) is 2. The summed E-state index contributed by atoms with van der Waals surface area (Å²) in [6, 6.07) is 17.8. The monoisotopic (exact) mass is 398 g/mol. The molecule has 0 spiro atoms. The minimum atomic E-state index is -0.344. The van der Waals surface area contributed by atoms with E-state index in [0.717, 1.165) is 16.7 Å². The standard InChI is InChI=1S/C20H16BrFN2O/c21-17-12-14(6-7-18(17)22)13-19(25)24-20(15-4-2-1-3-5-15)16-8-10-23-11-9-16/h1-12,20H,13H2,(H,24,25). The molecule has 2 aromatic carbocycles. The molecule has 0 fully saturated rings. The zero-order valence-corrected chi connectivity index (χ0v) is 14.9. The average molecular weight is 399 g/mol. The van der Waals surface area contributed by atoms with E-state index in [1.807, 2.05) is 42.5 Å². The minimum absolute atomic E-state index is 0.135. The number of carbonyl (C=O) groups excluding carboxylic acids is 1. The zero-order valence-electron chi connectivity index (χ0n) is 13.3. The lowest BCUT2D eigenvalue weighted by atomic mass is 9.99. The Hall–Kier alpha value is -2.53. The number of pyridine rings is 1. The Morgan fingerprint density at radius 2 is 1.72 bits per heavy atom. The number of hydrogen-bond donors (Lipinski definition) is 1. The van der Waals surface area contributed by atoms with Gasteiger partial charge in [0.15, 0.2) is 0 Å². The molecule has 0 saturated heterocycles. The third kappa shape index (κ3) is 4.51. The first-order valence-corrected chi connectivity index (χ1v) is 8.61. The highest BCUT2D eigenvalue weighted by atomic mass is 79.9. The predicted octanol–water partition coefficient (Wildman–Crippen LogP) is 4.43.